The summed E-state index contributed by atoms with van der Waals surface area (Å²) in [6.07, 6.45) is 3.96. The van der Waals surface area contributed by atoms with Crippen LogP contribution in [0.2, 0.25) is 0 Å². The van der Waals surface area contributed by atoms with Gasteiger partial charge in [0.2, 0.25) is 0 Å². The van der Waals surface area contributed by atoms with Crippen LogP contribution in [0.25, 0.3) is 0 Å². The first-order chi connectivity index (χ1) is 10.5. The Morgan fingerprint density at radius 3 is 2.55 bits per heavy atom. The summed E-state index contributed by atoms with van der Waals surface area (Å²) in [4.78, 5) is 19.0. The van der Waals surface area contributed by atoms with Crippen molar-refractivity contribution in [2.45, 2.75) is 20.4 Å². The van der Waals surface area contributed by atoms with Gasteiger partial charge < -0.3 is 4.90 Å². The molecule has 0 radical (unpaired) electrons. The molecule has 1 aliphatic rings. The van der Waals surface area contributed by atoms with Crippen molar-refractivity contribution in [1.82, 2.24) is 19.6 Å². The third-order valence-electron chi connectivity index (χ3n) is 4.20. The van der Waals surface area contributed by atoms with E-state index in [1.54, 1.807) is 11.3 Å². The fourth-order valence-corrected chi connectivity index (χ4v) is 3.76. The maximum absolute atomic E-state index is 12.5. The van der Waals surface area contributed by atoms with Crippen LogP contribution in [-0.4, -0.2) is 51.7 Å². The van der Waals surface area contributed by atoms with Crippen LogP contribution in [0, 0.1) is 13.8 Å². The molecule has 1 amide bonds. The lowest BCUT2D eigenvalue weighted by Crippen LogP contribution is -2.48. The van der Waals surface area contributed by atoms with Crippen LogP contribution in [0.4, 0.5) is 0 Å². The number of rotatable bonds is 3. The molecule has 2 aromatic rings. The van der Waals surface area contributed by atoms with E-state index in [2.05, 4.69) is 30.0 Å². The van der Waals surface area contributed by atoms with Crippen molar-refractivity contribution >= 4 is 17.2 Å². The zero-order valence-electron chi connectivity index (χ0n) is 13.4. The Kier molecular flexibility index (Phi) is 4.31. The maximum Gasteiger partial charge on any atom is 0.264 e. The van der Waals surface area contributed by atoms with Crippen molar-refractivity contribution < 1.29 is 4.79 Å². The van der Waals surface area contributed by atoms with E-state index in [0.717, 1.165) is 37.6 Å². The standard InChI is InChI=1S/C16H22N4OS/c1-12-8-15(22-13(12)2)16(21)20-6-4-19(5-7-20)11-14-9-17-18(3)10-14/h8-10H,4-7,11H2,1-3H3. The van der Waals surface area contributed by atoms with Gasteiger partial charge in [-0.1, -0.05) is 0 Å². The number of carbonyl (C=O) groups is 1. The number of amides is 1. The van der Waals surface area contributed by atoms with Gasteiger partial charge in [0.05, 0.1) is 11.1 Å². The van der Waals surface area contributed by atoms with E-state index < -0.39 is 0 Å². The van der Waals surface area contributed by atoms with E-state index in [9.17, 15) is 4.79 Å². The second-order valence-electron chi connectivity index (χ2n) is 5.94. The predicted octanol–water partition coefficient (Wildman–Crippen LogP) is 2.06. The molecule has 5 nitrogen and oxygen atoms in total. The van der Waals surface area contributed by atoms with E-state index in [4.69, 9.17) is 0 Å². The van der Waals surface area contributed by atoms with Crippen molar-refractivity contribution in [2.24, 2.45) is 7.05 Å². The highest BCUT2D eigenvalue weighted by atomic mass is 32.1. The van der Waals surface area contributed by atoms with Crippen molar-refractivity contribution in [3.8, 4) is 0 Å². The smallest absolute Gasteiger partial charge is 0.264 e. The van der Waals surface area contributed by atoms with E-state index in [1.807, 2.05) is 28.9 Å². The molecule has 1 saturated heterocycles. The van der Waals surface area contributed by atoms with Gasteiger partial charge in [0, 0.05) is 56.4 Å². The number of carbonyl (C=O) groups excluding carboxylic acids is 1. The molecule has 2 aromatic heterocycles. The van der Waals surface area contributed by atoms with Crippen molar-refractivity contribution in [2.75, 3.05) is 26.2 Å². The summed E-state index contributed by atoms with van der Waals surface area (Å²) in [6, 6.07) is 2.02. The average molecular weight is 318 g/mol. The fraction of sp³-hybridized carbons (Fsp3) is 0.500. The maximum atomic E-state index is 12.5. The predicted molar refractivity (Wildman–Crippen MR) is 88.2 cm³/mol. The summed E-state index contributed by atoms with van der Waals surface area (Å²) in [7, 11) is 1.94. The summed E-state index contributed by atoms with van der Waals surface area (Å²) in [5.74, 6) is 0.183. The fourth-order valence-electron chi connectivity index (χ4n) is 2.76. The number of piperazine rings is 1. The monoisotopic (exact) mass is 318 g/mol. The largest absolute Gasteiger partial charge is 0.335 e. The molecular weight excluding hydrogens is 296 g/mol. The highest BCUT2D eigenvalue weighted by Crippen LogP contribution is 2.22. The molecule has 3 rings (SSSR count). The van der Waals surface area contributed by atoms with E-state index in [0.29, 0.717) is 0 Å². The summed E-state index contributed by atoms with van der Waals surface area (Å²) < 4.78 is 1.83. The minimum absolute atomic E-state index is 0.183. The van der Waals surface area contributed by atoms with Crippen LogP contribution in [0.15, 0.2) is 18.5 Å². The van der Waals surface area contributed by atoms with Gasteiger partial charge in [-0.25, -0.2) is 0 Å². The van der Waals surface area contributed by atoms with Gasteiger partial charge in [0.15, 0.2) is 0 Å². The second-order valence-corrected chi connectivity index (χ2v) is 7.20. The topological polar surface area (TPSA) is 41.4 Å². The zero-order valence-corrected chi connectivity index (χ0v) is 14.2. The van der Waals surface area contributed by atoms with Crippen LogP contribution in [0.1, 0.15) is 25.7 Å². The number of hydrogen-bond donors (Lipinski definition) is 0. The average Bonchev–Trinajstić information content (AvgIpc) is 3.05. The van der Waals surface area contributed by atoms with Crippen LogP contribution < -0.4 is 0 Å². The molecule has 0 N–H and O–H groups in total. The molecule has 0 saturated carbocycles. The number of aromatic nitrogens is 2. The minimum atomic E-state index is 0.183. The van der Waals surface area contributed by atoms with Crippen LogP contribution in [0.5, 0.6) is 0 Å². The van der Waals surface area contributed by atoms with Crippen LogP contribution in [-0.2, 0) is 13.6 Å². The third kappa shape index (κ3) is 3.23. The van der Waals surface area contributed by atoms with E-state index in [-0.39, 0.29) is 5.91 Å². The highest BCUT2D eigenvalue weighted by Gasteiger charge is 2.23. The van der Waals surface area contributed by atoms with Gasteiger partial charge in [-0.15, -0.1) is 11.3 Å². The second kappa shape index (κ2) is 6.22. The Morgan fingerprint density at radius 1 is 1.27 bits per heavy atom. The molecule has 6 heteroatoms. The van der Waals surface area contributed by atoms with Gasteiger partial charge >= 0.3 is 0 Å². The Hall–Kier alpha value is -1.66. The molecular formula is C16H22N4OS. The van der Waals surface area contributed by atoms with Crippen molar-refractivity contribution in [1.29, 1.82) is 0 Å². The molecule has 1 aliphatic heterocycles. The molecule has 1 fully saturated rings. The Bertz CT molecular complexity index is 648. The number of aryl methyl sites for hydroxylation is 3. The summed E-state index contributed by atoms with van der Waals surface area (Å²) in [5.41, 5.74) is 2.44. The summed E-state index contributed by atoms with van der Waals surface area (Å²) in [6.45, 7) is 8.49. The molecule has 22 heavy (non-hydrogen) atoms. The van der Waals surface area contributed by atoms with Crippen molar-refractivity contribution in [3.63, 3.8) is 0 Å². The first-order valence-corrected chi connectivity index (χ1v) is 8.41. The van der Waals surface area contributed by atoms with Gasteiger partial charge in [-0.3, -0.25) is 14.4 Å². The van der Waals surface area contributed by atoms with Crippen molar-refractivity contribution in [3.05, 3.63) is 39.3 Å². The zero-order chi connectivity index (χ0) is 15.7. The van der Waals surface area contributed by atoms with Crippen LogP contribution in [0.3, 0.4) is 0 Å². The molecule has 0 spiro atoms. The van der Waals surface area contributed by atoms with Gasteiger partial charge in [-0.2, -0.15) is 5.10 Å². The summed E-state index contributed by atoms with van der Waals surface area (Å²) >= 11 is 1.61. The van der Waals surface area contributed by atoms with Crippen LogP contribution >= 0.6 is 11.3 Å². The van der Waals surface area contributed by atoms with Gasteiger partial charge in [0.25, 0.3) is 5.91 Å². The van der Waals surface area contributed by atoms with Gasteiger partial charge in [-0.05, 0) is 25.5 Å². The first-order valence-electron chi connectivity index (χ1n) is 7.59. The normalized spacial score (nSPS) is 16.2. The number of hydrogen-bond acceptors (Lipinski definition) is 4. The quantitative estimate of drug-likeness (QED) is 0.870. The van der Waals surface area contributed by atoms with E-state index >= 15 is 0 Å². The first kappa shape index (κ1) is 15.2. The molecule has 118 valence electrons. The Labute approximate surface area is 135 Å². The van der Waals surface area contributed by atoms with Gasteiger partial charge in [0.1, 0.15) is 0 Å². The third-order valence-corrected chi connectivity index (χ3v) is 5.34. The van der Waals surface area contributed by atoms with E-state index in [1.165, 1.54) is 16.0 Å². The molecule has 0 atom stereocenters. The molecule has 0 bridgehead atoms. The molecule has 0 unspecified atom stereocenters. The Balaban J connectivity index is 1.56. The summed E-state index contributed by atoms with van der Waals surface area (Å²) in [5, 5.41) is 4.20. The highest BCUT2D eigenvalue weighted by molar-refractivity contribution is 7.14. The number of thiophene rings is 1. The lowest BCUT2D eigenvalue weighted by Gasteiger charge is -2.34. The molecule has 3 heterocycles. The number of nitrogens with zero attached hydrogens (tertiary/aromatic N) is 4. The lowest BCUT2D eigenvalue weighted by atomic mass is 10.2. The molecule has 0 aromatic carbocycles. The SMILES string of the molecule is Cc1cc(C(=O)N2CCN(Cc3cnn(C)c3)CC2)sc1C. The lowest BCUT2D eigenvalue weighted by molar-refractivity contribution is 0.0633. The Morgan fingerprint density at radius 2 is 2.00 bits per heavy atom. The minimum Gasteiger partial charge on any atom is -0.335 e. The molecule has 0 aliphatic carbocycles.